The van der Waals surface area contributed by atoms with Gasteiger partial charge in [-0.3, -0.25) is 4.79 Å². The Kier molecular flexibility index (Phi) is 3.31. The molecule has 0 atom stereocenters. The van der Waals surface area contributed by atoms with Crippen LogP contribution >= 0.6 is 0 Å². The fourth-order valence-corrected chi connectivity index (χ4v) is 2.51. The van der Waals surface area contributed by atoms with E-state index in [-0.39, 0.29) is 11.7 Å². The molecule has 5 heteroatoms. The number of para-hydroxylation sites is 2. The van der Waals surface area contributed by atoms with Crippen molar-refractivity contribution >= 4 is 33.7 Å². The van der Waals surface area contributed by atoms with Crippen LogP contribution in [-0.4, -0.2) is 21.0 Å². The van der Waals surface area contributed by atoms with Crippen molar-refractivity contribution in [1.82, 2.24) is 9.97 Å². The third-order valence-electron chi connectivity index (χ3n) is 3.73. The molecule has 4 rings (SSSR count). The van der Waals surface area contributed by atoms with Gasteiger partial charge in [-0.2, -0.15) is 0 Å². The number of carbonyl (C=O) groups excluding carboxylic acids is 1. The highest BCUT2D eigenvalue weighted by molar-refractivity contribution is 6.06. The van der Waals surface area contributed by atoms with E-state index in [2.05, 4.69) is 15.3 Å². The quantitative estimate of drug-likeness (QED) is 0.436. The molecule has 1 amide bonds. The van der Waals surface area contributed by atoms with Crippen LogP contribution in [0.5, 0.6) is 5.75 Å². The standard InChI is InChI=1S/C19H13N3O2/c23-14-8-6-13(7-9-14)20-19(24)12-5-10-17-18(11-12)22-16-4-2-1-3-15(16)21-17/h1-11,23H,(H,20,24). The lowest BCUT2D eigenvalue weighted by Gasteiger charge is -2.07. The van der Waals surface area contributed by atoms with Gasteiger partial charge < -0.3 is 10.4 Å². The zero-order chi connectivity index (χ0) is 16.5. The summed E-state index contributed by atoms with van der Waals surface area (Å²) in [4.78, 5) is 21.5. The lowest BCUT2D eigenvalue weighted by molar-refractivity contribution is 0.102. The highest BCUT2D eigenvalue weighted by Crippen LogP contribution is 2.19. The second-order valence-corrected chi connectivity index (χ2v) is 5.42. The summed E-state index contributed by atoms with van der Waals surface area (Å²) < 4.78 is 0. The number of hydrogen-bond donors (Lipinski definition) is 2. The number of benzene rings is 3. The molecule has 0 aliphatic carbocycles. The topological polar surface area (TPSA) is 75.1 Å². The predicted molar refractivity (Wildman–Crippen MR) is 93.1 cm³/mol. The van der Waals surface area contributed by atoms with Crippen LogP contribution in [0.2, 0.25) is 0 Å². The Morgan fingerprint density at radius 3 is 2.12 bits per heavy atom. The van der Waals surface area contributed by atoms with Crippen LogP contribution in [0.4, 0.5) is 5.69 Å². The van der Waals surface area contributed by atoms with Gasteiger partial charge in [-0.05, 0) is 54.6 Å². The van der Waals surface area contributed by atoms with Crippen LogP contribution in [0, 0.1) is 0 Å². The Labute approximate surface area is 137 Å². The Balaban J connectivity index is 1.69. The van der Waals surface area contributed by atoms with Crippen molar-refractivity contribution < 1.29 is 9.90 Å². The molecule has 0 radical (unpaired) electrons. The van der Waals surface area contributed by atoms with Crippen LogP contribution in [-0.2, 0) is 0 Å². The first-order valence-corrected chi connectivity index (χ1v) is 7.46. The molecule has 3 aromatic carbocycles. The Morgan fingerprint density at radius 1 is 0.792 bits per heavy atom. The van der Waals surface area contributed by atoms with E-state index in [1.54, 1.807) is 30.3 Å². The minimum atomic E-state index is -0.238. The lowest BCUT2D eigenvalue weighted by atomic mass is 10.1. The maximum absolute atomic E-state index is 12.4. The van der Waals surface area contributed by atoms with Gasteiger partial charge >= 0.3 is 0 Å². The molecule has 4 aromatic rings. The minimum Gasteiger partial charge on any atom is -0.508 e. The molecule has 0 aliphatic heterocycles. The van der Waals surface area contributed by atoms with Crippen molar-refractivity contribution in [2.45, 2.75) is 0 Å². The Morgan fingerprint density at radius 2 is 1.42 bits per heavy atom. The number of aromatic nitrogens is 2. The molecular weight excluding hydrogens is 302 g/mol. The van der Waals surface area contributed by atoms with Gasteiger partial charge in [0.1, 0.15) is 5.75 Å². The minimum absolute atomic E-state index is 0.154. The van der Waals surface area contributed by atoms with E-state index in [0.29, 0.717) is 16.8 Å². The Hall–Kier alpha value is -3.47. The van der Waals surface area contributed by atoms with Crippen molar-refractivity contribution in [2.75, 3.05) is 5.32 Å². The number of rotatable bonds is 2. The summed E-state index contributed by atoms with van der Waals surface area (Å²) in [5.74, 6) is -0.0848. The molecule has 5 nitrogen and oxygen atoms in total. The molecule has 1 aromatic heterocycles. The van der Waals surface area contributed by atoms with Crippen molar-refractivity contribution in [3.8, 4) is 5.75 Å². The van der Waals surface area contributed by atoms with E-state index in [1.807, 2.05) is 24.3 Å². The van der Waals surface area contributed by atoms with Gasteiger partial charge in [0, 0.05) is 11.3 Å². The third kappa shape index (κ3) is 2.63. The molecule has 0 saturated heterocycles. The molecule has 24 heavy (non-hydrogen) atoms. The number of phenols is 1. The molecule has 0 spiro atoms. The molecular formula is C19H13N3O2. The first-order valence-electron chi connectivity index (χ1n) is 7.46. The molecule has 0 unspecified atom stereocenters. The SMILES string of the molecule is O=C(Nc1ccc(O)cc1)c1ccc2nc3ccccc3nc2c1. The molecule has 0 aliphatic rings. The largest absolute Gasteiger partial charge is 0.508 e. The van der Waals surface area contributed by atoms with Gasteiger partial charge in [0.15, 0.2) is 0 Å². The van der Waals surface area contributed by atoms with E-state index in [0.717, 1.165) is 16.6 Å². The molecule has 116 valence electrons. The number of hydrogen-bond acceptors (Lipinski definition) is 4. The number of amides is 1. The fraction of sp³-hybridized carbons (Fsp3) is 0. The van der Waals surface area contributed by atoms with Gasteiger partial charge in [0.05, 0.1) is 22.1 Å². The van der Waals surface area contributed by atoms with Crippen molar-refractivity contribution in [3.05, 3.63) is 72.3 Å². The second-order valence-electron chi connectivity index (χ2n) is 5.42. The van der Waals surface area contributed by atoms with Gasteiger partial charge in [0.25, 0.3) is 5.91 Å². The van der Waals surface area contributed by atoms with E-state index in [9.17, 15) is 9.90 Å². The molecule has 1 heterocycles. The average molecular weight is 315 g/mol. The number of fused-ring (bicyclic) bond motifs is 2. The van der Waals surface area contributed by atoms with Crippen LogP contribution in [0.3, 0.4) is 0 Å². The van der Waals surface area contributed by atoms with Crippen LogP contribution in [0.15, 0.2) is 66.7 Å². The number of nitrogens with zero attached hydrogens (tertiary/aromatic N) is 2. The van der Waals surface area contributed by atoms with Crippen molar-refractivity contribution in [1.29, 1.82) is 0 Å². The maximum atomic E-state index is 12.4. The first kappa shape index (κ1) is 14.1. The normalized spacial score (nSPS) is 10.8. The molecule has 2 N–H and O–H groups in total. The van der Waals surface area contributed by atoms with Crippen LogP contribution in [0.25, 0.3) is 22.1 Å². The van der Waals surface area contributed by atoms with Crippen molar-refractivity contribution in [2.24, 2.45) is 0 Å². The van der Waals surface area contributed by atoms with Gasteiger partial charge in [0.2, 0.25) is 0 Å². The van der Waals surface area contributed by atoms with Crippen LogP contribution in [0.1, 0.15) is 10.4 Å². The number of carbonyl (C=O) groups is 1. The van der Waals surface area contributed by atoms with E-state index < -0.39 is 0 Å². The summed E-state index contributed by atoms with van der Waals surface area (Å²) in [6.45, 7) is 0. The summed E-state index contributed by atoms with van der Waals surface area (Å²) in [6, 6.07) is 19.2. The van der Waals surface area contributed by atoms with E-state index in [4.69, 9.17) is 0 Å². The first-order chi connectivity index (χ1) is 11.7. The summed E-state index contributed by atoms with van der Waals surface area (Å²) in [5.41, 5.74) is 4.15. The van der Waals surface area contributed by atoms with Crippen molar-refractivity contribution in [3.63, 3.8) is 0 Å². The molecule has 0 saturated carbocycles. The highest BCUT2D eigenvalue weighted by atomic mass is 16.3. The number of anilines is 1. The number of nitrogens with one attached hydrogen (secondary N) is 1. The lowest BCUT2D eigenvalue weighted by Crippen LogP contribution is -2.11. The molecule has 0 fully saturated rings. The summed E-state index contributed by atoms with van der Waals surface area (Å²) in [6.07, 6.45) is 0. The zero-order valence-corrected chi connectivity index (χ0v) is 12.6. The molecule has 0 bridgehead atoms. The summed E-state index contributed by atoms with van der Waals surface area (Å²) in [7, 11) is 0. The summed E-state index contributed by atoms with van der Waals surface area (Å²) >= 11 is 0. The monoisotopic (exact) mass is 315 g/mol. The predicted octanol–water partition coefficient (Wildman–Crippen LogP) is 3.74. The van der Waals surface area contributed by atoms with Gasteiger partial charge in [-0.15, -0.1) is 0 Å². The average Bonchev–Trinajstić information content (AvgIpc) is 2.61. The second kappa shape index (κ2) is 5.62. The maximum Gasteiger partial charge on any atom is 0.255 e. The van der Waals surface area contributed by atoms with E-state index >= 15 is 0 Å². The number of aromatic hydroxyl groups is 1. The highest BCUT2D eigenvalue weighted by Gasteiger charge is 2.09. The van der Waals surface area contributed by atoms with Gasteiger partial charge in [-0.25, -0.2) is 9.97 Å². The fourth-order valence-electron chi connectivity index (χ4n) is 2.51. The number of phenolic OH excluding ortho intramolecular Hbond substituents is 1. The van der Waals surface area contributed by atoms with E-state index in [1.165, 1.54) is 12.1 Å². The third-order valence-corrected chi connectivity index (χ3v) is 3.73. The van der Waals surface area contributed by atoms with Crippen LogP contribution < -0.4 is 5.32 Å². The smallest absolute Gasteiger partial charge is 0.255 e. The van der Waals surface area contributed by atoms with Gasteiger partial charge in [-0.1, -0.05) is 12.1 Å². The zero-order valence-electron chi connectivity index (χ0n) is 12.6. The summed E-state index contributed by atoms with van der Waals surface area (Å²) in [5, 5.41) is 12.1. The Bertz CT molecular complexity index is 1060.